The third kappa shape index (κ3) is 3.08. The summed E-state index contributed by atoms with van der Waals surface area (Å²) in [5.74, 6) is 0.431. The van der Waals surface area contributed by atoms with Crippen LogP contribution in [0.2, 0.25) is 0 Å². The molecule has 1 atom stereocenters. The van der Waals surface area contributed by atoms with Gasteiger partial charge in [0.2, 0.25) is 5.95 Å². The van der Waals surface area contributed by atoms with Crippen molar-refractivity contribution in [2.45, 2.75) is 13.0 Å². The molecule has 1 saturated heterocycles. The number of nitrogens with zero attached hydrogens (tertiary/aromatic N) is 2. The lowest BCUT2D eigenvalue weighted by Crippen LogP contribution is -2.42. The van der Waals surface area contributed by atoms with E-state index in [0.717, 1.165) is 38.4 Å². The minimum absolute atomic E-state index is 0.255. The van der Waals surface area contributed by atoms with Crippen LogP contribution in [0.15, 0.2) is 18.2 Å². The van der Waals surface area contributed by atoms with Gasteiger partial charge in [0.25, 0.3) is 0 Å². The number of benzene rings is 1. The maximum absolute atomic E-state index is 13.1. The number of ether oxygens (including phenoxy) is 1. The van der Waals surface area contributed by atoms with Gasteiger partial charge in [0, 0.05) is 25.7 Å². The molecular weight excluding hydrogens is 259 g/mol. The van der Waals surface area contributed by atoms with Gasteiger partial charge < -0.3 is 15.0 Å². The number of nitrogens with one attached hydrogen (secondary N) is 2. The second-order valence-electron chi connectivity index (χ2n) is 5.21. The van der Waals surface area contributed by atoms with Gasteiger partial charge in [-0.05, 0) is 25.1 Å². The summed E-state index contributed by atoms with van der Waals surface area (Å²) in [6.45, 7) is 6.60. The molecule has 0 spiro atoms. The number of halogens is 1. The predicted octanol–water partition coefficient (Wildman–Crippen LogP) is 1.83. The van der Waals surface area contributed by atoms with Crippen molar-refractivity contribution in [1.29, 1.82) is 0 Å². The first-order chi connectivity index (χ1) is 9.70. The summed E-state index contributed by atoms with van der Waals surface area (Å²) in [6, 6.07) is 4.82. The number of morpholine rings is 1. The van der Waals surface area contributed by atoms with E-state index >= 15 is 0 Å². The van der Waals surface area contributed by atoms with Crippen LogP contribution in [-0.2, 0) is 4.74 Å². The molecule has 3 rings (SSSR count). The first-order valence-electron chi connectivity index (χ1n) is 6.92. The molecule has 0 aliphatic carbocycles. The summed E-state index contributed by atoms with van der Waals surface area (Å²) >= 11 is 0. The topological polar surface area (TPSA) is 53.2 Å². The molecule has 1 unspecified atom stereocenters. The Morgan fingerprint density at radius 3 is 3.05 bits per heavy atom. The van der Waals surface area contributed by atoms with Gasteiger partial charge in [-0.3, -0.25) is 4.90 Å². The van der Waals surface area contributed by atoms with Gasteiger partial charge in [-0.15, -0.1) is 0 Å². The molecule has 2 heterocycles. The van der Waals surface area contributed by atoms with E-state index in [9.17, 15) is 4.39 Å². The molecule has 0 radical (unpaired) electrons. The molecule has 2 N–H and O–H groups in total. The fraction of sp³-hybridized carbons (Fsp3) is 0.500. The van der Waals surface area contributed by atoms with E-state index in [-0.39, 0.29) is 11.9 Å². The highest BCUT2D eigenvalue weighted by atomic mass is 19.1. The molecule has 1 aliphatic rings. The van der Waals surface area contributed by atoms with Crippen LogP contribution >= 0.6 is 0 Å². The fourth-order valence-electron chi connectivity index (χ4n) is 2.50. The predicted molar refractivity (Wildman–Crippen MR) is 76.4 cm³/mol. The van der Waals surface area contributed by atoms with Crippen LogP contribution in [0, 0.1) is 5.82 Å². The minimum Gasteiger partial charge on any atom is -0.379 e. The smallest absolute Gasteiger partial charge is 0.201 e. The second kappa shape index (κ2) is 5.76. The second-order valence-corrected chi connectivity index (χ2v) is 5.21. The molecular formula is C14H19FN4O. The van der Waals surface area contributed by atoms with Crippen LogP contribution < -0.4 is 5.32 Å². The number of anilines is 1. The van der Waals surface area contributed by atoms with Crippen LogP contribution in [0.3, 0.4) is 0 Å². The summed E-state index contributed by atoms with van der Waals surface area (Å²) in [6.07, 6.45) is 0. The van der Waals surface area contributed by atoms with Crippen LogP contribution in [-0.4, -0.2) is 53.8 Å². The molecule has 1 aromatic carbocycles. The number of hydrogen-bond acceptors (Lipinski definition) is 4. The minimum atomic E-state index is -0.255. The number of aromatic amines is 1. The van der Waals surface area contributed by atoms with Crippen molar-refractivity contribution in [3.63, 3.8) is 0 Å². The Balaban J connectivity index is 1.63. The quantitative estimate of drug-likeness (QED) is 0.896. The van der Waals surface area contributed by atoms with Gasteiger partial charge in [0.1, 0.15) is 5.82 Å². The van der Waals surface area contributed by atoms with Crippen molar-refractivity contribution in [2.75, 3.05) is 38.2 Å². The normalized spacial score (nSPS) is 18.3. The maximum Gasteiger partial charge on any atom is 0.201 e. The summed E-state index contributed by atoms with van der Waals surface area (Å²) in [7, 11) is 0. The number of imidazole rings is 1. The van der Waals surface area contributed by atoms with Gasteiger partial charge in [0.05, 0.1) is 24.2 Å². The van der Waals surface area contributed by atoms with Crippen molar-refractivity contribution in [2.24, 2.45) is 0 Å². The fourth-order valence-corrected chi connectivity index (χ4v) is 2.50. The third-order valence-electron chi connectivity index (χ3n) is 3.46. The lowest BCUT2D eigenvalue weighted by atomic mass is 10.3. The Labute approximate surface area is 117 Å². The van der Waals surface area contributed by atoms with Crippen molar-refractivity contribution in [1.82, 2.24) is 14.9 Å². The molecule has 5 nitrogen and oxygen atoms in total. The molecule has 1 aliphatic heterocycles. The van der Waals surface area contributed by atoms with Crippen molar-refractivity contribution >= 4 is 17.0 Å². The molecule has 108 valence electrons. The molecule has 6 heteroatoms. The number of fused-ring (bicyclic) bond motifs is 1. The van der Waals surface area contributed by atoms with Crippen LogP contribution in [0.1, 0.15) is 6.92 Å². The Morgan fingerprint density at radius 1 is 1.45 bits per heavy atom. The Morgan fingerprint density at radius 2 is 2.25 bits per heavy atom. The van der Waals surface area contributed by atoms with Crippen LogP contribution in [0.4, 0.5) is 10.3 Å². The monoisotopic (exact) mass is 278 g/mol. The highest BCUT2D eigenvalue weighted by Gasteiger charge is 2.14. The zero-order chi connectivity index (χ0) is 13.9. The third-order valence-corrected chi connectivity index (χ3v) is 3.46. The Hall–Kier alpha value is -1.66. The Bertz CT molecular complexity index is 580. The van der Waals surface area contributed by atoms with Gasteiger partial charge in [-0.1, -0.05) is 0 Å². The Kier molecular flexibility index (Phi) is 3.84. The average molecular weight is 278 g/mol. The summed E-state index contributed by atoms with van der Waals surface area (Å²) in [5.41, 5.74) is 1.48. The lowest BCUT2D eigenvalue weighted by Gasteiger charge is -2.29. The lowest BCUT2D eigenvalue weighted by molar-refractivity contribution is 0.0368. The number of hydrogen-bond donors (Lipinski definition) is 2. The summed E-state index contributed by atoms with van der Waals surface area (Å²) in [4.78, 5) is 9.87. The van der Waals surface area contributed by atoms with E-state index in [4.69, 9.17) is 4.74 Å². The largest absolute Gasteiger partial charge is 0.379 e. The van der Waals surface area contributed by atoms with E-state index in [1.54, 1.807) is 6.07 Å². The molecule has 2 aromatic rings. The van der Waals surface area contributed by atoms with Crippen molar-refractivity contribution in [3.05, 3.63) is 24.0 Å². The van der Waals surface area contributed by atoms with E-state index in [1.165, 1.54) is 12.1 Å². The first-order valence-corrected chi connectivity index (χ1v) is 6.92. The number of rotatable bonds is 4. The SMILES string of the molecule is CC(CN1CCOCC1)Nc1nc2ccc(F)cc2[nH]1. The highest BCUT2D eigenvalue weighted by Crippen LogP contribution is 2.16. The highest BCUT2D eigenvalue weighted by molar-refractivity contribution is 5.77. The van der Waals surface area contributed by atoms with Gasteiger partial charge >= 0.3 is 0 Å². The van der Waals surface area contributed by atoms with Gasteiger partial charge in [-0.2, -0.15) is 0 Å². The van der Waals surface area contributed by atoms with Crippen LogP contribution in [0.5, 0.6) is 0 Å². The van der Waals surface area contributed by atoms with E-state index < -0.39 is 0 Å². The zero-order valence-corrected chi connectivity index (χ0v) is 11.5. The average Bonchev–Trinajstić information content (AvgIpc) is 2.80. The standard InChI is InChI=1S/C14H19FN4O/c1-10(9-19-4-6-20-7-5-19)16-14-17-12-3-2-11(15)8-13(12)18-14/h2-3,8,10H,4-7,9H2,1H3,(H2,16,17,18). The molecule has 20 heavy (non-hydrogen) atoms. The molecule has 1 fully saturated rings. The maximum atomic E-state index is 13.1. The summed E-state index contributed by atoms with van der Waals surface area (Å²) < 4.78 is 18.5. The number of H-pyrrole nitrogens is 1. The molecule has 0 amide bonds. The molecule has 0 saturated carbocycles. The van der Waals surface area contributed by atoms with Crippen molar-refractivity contribution in [3.8, 4) is 0 Å². The summed E-state index contributed by atoms with van der Waals surface area (Å²) in [5, 5.41) is 3.33. The van der Waals surface area contributed by atoms with Crippen LogP contribution in [0.25, 0.3) is 11.0 Å². The van der Waals surface area contributed by atoms with Gasteiger partial charge in [0.15, 0.2) is 0 Å². The number of aromatic nitrogens is 2. The van der Waals surface area contributed by atoms with E-state index in [0.29, 0.717) is 11.5 Å². The van der Waals surface area contributed by atoms with Gasteiger partial charge in [-0.25, -0.2) is 9.37 Å². The zero-order valence-electron chi connectivity index (χ0n) is 11.5. The molecule has 0 bridgehead atoms. The first kappa shape index (κ1) is 13.3. The van der Waals surface area contributed by atoms with E-state index in [1.807, 2.05) is 0 Å². The molecule has 1 aromatic heterocycles. The van der Waals surface area contributed by atoms with Crippen molar-refractivity contribution < 1.29 is 9.13 Å². The van der Waals surface area contributed by atoms with E-state index in [2.05, 4.69) is 27.1 Å².